The summed E-state index contributed by atoms with van der Waals surface area (Å²) in [7, 11) is 1.78. The van der Waals surface area contributed by atoms with Gasteiger partial charge in [-0.05, 0) is 38.2 Å². The number of aliphatic hydroxyl groups is 1. The Morgan fingerprint density at radius 3 is 2.75 bits per heavy atom. The summed E-state index contributed by atoms with van der Waals surface area (Å²) >= 11 is 0. The third-order valence-electron chi connectivity index (χ3n) is 4.09. The van der Waals surface area contributed by atoms with E-state index >= 15 is 0 Å². The van der Waals surface area contributed by atoms with E-state index < -0.39 is 0 Å². The second kappa shape index (κ2) is 6.66. The third-order valence-corrected chi connectivity index (χ3v) is 4.09. The van der Waals surface area contributed by atoms with E-state index in [0.717, 1.165) is 38.4 Å². The van der Waals surface area contributed by atoms with Crippen molar-refractivity contribution in [1.82, 2.24) is 4.90 Å². The van der Waals surface area contributed by atoms with Crippen LogP contribution >= 0.6 is 0 Å². The van der Waals surface area contributed by atoms with Crippen LogP contribution in [0.15, 0.2) is 24.3 Å². The van der Waals surface area contributed by atoms with Crippen LogP contribution in [-0.2, 0) is 0 Å². The molecule has 0 radical (unpaired) electrons. The molecule has 0 aliphatic heterocycles. The molecule has 20 heavy (non-hydrogen) atoms. The number of nitrogens with zero attached hydrogens (tertiary/aromatic N) is 1. The molecule has 108 valence electrons. The van der Waals surface area contributed by atoms with E-state index in [2.05, 4.69) is 0 Å². The largest absolute Gasteiger partial charge is 0.393 e. The molecule has 0 spiro atoms. The van der Waals surface area contributed by atoms with Gasteiger partial charge in [-0.2, -0.15) is 0 Å². The first-order chi connectivity index (χ1) is 9.63. The van der Waals surface area contributed by atoms with Crippen LogP contribution in [0.2, 0.25) is 0 Å². The summed E-state index contributed by atoms with van der Waals surface area (Å²) in [6.45, 7) is 0. The van der Waals surface area contributed by atoms with Crippen LogP contribution in [0.5, 0.6) is 0 Å². The second-order valence-corrected chi connectivity index (χ2v) is 5.44. The van der Waals surface area contributed by atoms with Crippen molar-refractivity contribution in [2.24, 2.45) is 0 Å². The van der Waals surface area contributed by atoms with Gasteiger partial charge in [0.2, 0.25) is 0 Å². The Bertz CT molecular complexity index is 486. The first kappa shape index (κ1) is 14.7. The monoisotopic (exact) mass is 275 g/mol. The SMILES string of the molecule is CN(C(=O)c1ccccc1C=O)C1CCCC(O)CC1. The summed E-state index contributed by atoms with van der Waals surface area (Å²) in [6.07, 6.45) is 4.67. The summed E-state index contributed by atoms with van der Waals surface area (Å²) in [4.78, 5) is 25.3. The van der Waals surface area contributed by atoms with Crippen LogP contribution in [-0.4, -0.2) is 41.4 Å². The molecule has 1 aromatic carbocycles. The molecule has 0 saturated heterocycles. The quantitative estimate of drug-likeness (QED) is 0.680. The Hall–Kier alpha value is -1.68. The van der Waals surface area contributed by atoms with E-state index in [4.69, 9.17) is 0 Å². The van der Waals surface area contributed by atoms with Crippen LogP contribution in [0.1, 0.15) is 52.8 Å². The summed E-state index contributed by atoms with van der Waals surface area (Å²) < 4.78 is 0. The second-order valence-electron chi connectivity index (χ2n) is 5.44. The van der Waals surface area contributed by atoms with E-state index in [1.54, 1.807) is 36.2 Å². The van der Waals surface area contributed by atoms with E-state index in [1.165, 1.54) is 0 Å². The number of hydrogen-bond acceptors (Lipinski definition) is 3. The van der Waals surface area contributed by atoms with E-state index in [0.29, 0.717) is 11.1 Å². The standard InChI is InChI=1S/C16H21NO3/c1-17(13-6-4-7-14(19)10-9-13)16(20)15-8-3-2-5-12(15)11-18/h2-3,5,8,11,13-14,19H,4,6-7,9-10H2,1H3. The topological polar surface area (TPSA) is 57.6 Å². The lowest BCUT2D eigenvalue weighted by Crippen LogP contribution is -2.37. The first-order valence-electron chi connectivity index (χ1n) is 7.13. The Kier molecular flexibility index (Phi) is 4.90. The molecule has 0 aromatic heterocycles. The maximum atomic E-state index is 12.5. The van der Waals surface area contributed by atoms with E-state index in [-0.39, 0.29) is 18.1 Å². The minimum atomic E-state index is -0.245. The number of rotatable bonds is 3. The predicted molar refractivity (Wildman–Crippen MR) is 76.8 cm³/mol. The Morgan fingerprint density at radius 2 is 2.00 bits per heavy atom. The fourth-order valence-corrected chi connectivity index (χ4v) is 2.80. The number of amides is 1. The highest BCUT2D eigenvalue weighted by atomic mass is 16.3. The van der Waals surface area contributed by atoms with Crippen molar-refractivity contribution < 1.29 is 14.7 Å². The van der Waals surface area contributed by atoms with Gasteiger partial charge in [0.15, 0.2) is 6.29 Å². The van der Waals surface area contributed by atoms with Crippen molar-refractivity contribution in [3.8, 4) is 0 Å². The Balaban J connectivity index is 2.13. The van der Waals surface area contributed by atoms with Gasteiger partial charge >= 0.3 is 0 Å². The summed E-state index contributed by atoms with van der Waals surface area (Å²) in [6, 6.07) is 7.01. The molecular weight excluding hydrogens is 254 g/mol. The fourth-order valence-electron chi connectivity index (χ4n) is 2.80. The van der Waals surface area contributed by atoms with Crippen LogP contribution < -0.4 is 0 Å². The lowest BCUT2D eigenvalue weighted by atomic mass is 10.0. The summed E-state index contributed by atoms with van der Waals surface area (Å²) in [5.41, 5.74) is 0.882. The molecule has 1 aliphatic rings. The maximum Gasteiger partial charge on any atom is 0.254 e. The lowest BCUT2D eigenvalue weighted by molar-refractivity contribution is 0.0709. The smallest absolute Gasteiger partial charge is 0.254 e. The molecule has 0 bridgehead atoms. The van der Waals surface area contributed by atoms with Crippen LogP contribution in [0.4, 0.5) is 0 Å². The van der Waals surface area contributed by atoms with Crippen LogP contribution in [0, 0.1) is 0 Å². The van der Waals surface area contributed by atoms with Gasteiger partial charge in [0.25, 0.3) is 5.91 Å². The van der Waals surface area contributed by atoms with Gasteiger partial charge in [0, 0.05) is 18.7 Å². The van der Waals surface area contributed by atoms with Crippen molar-refractivity contribution in [2.45, 2.75) is 44.2 Å². The van der Waals surface area contributed by atoms with Crippen molar-refractivity contribution in [3.05, 3.63) is 35.4 Å². The molecule has 4 nitrogen and oxygen atoms in total. The molecule has 2 unspecified atom stereocenters. The molecular formula is C16H21NO3. The van der Waals surface area contributed by atoms with Gasteiger partial charge in [-0.3, -0.25) is 9.59 Å². The van der Waals surface area contributed by atoms with Gasteiger partial charge in [0.05, 0.1) is 11.7 Å². The lowest BCUT2D eigenvalue weighted by Gasteiger charge is -2.27. The van der Waals surface area contributed by atoms with Crippen molar-refractivity contribution in [3.63, 3.8) is 0 Å². The number of carbonyl (C=O) groups is 2. The van der Waals surface area contributed by atoms with Crippen molar-refractivity contribution in [2.75, 3.05) is 7.05 Å². The Labute approximate surface area is 119 Å². The fraction of sp³-hybridized carbons (Fsp3) is 0.500. The molecule has 1 aromatic rings. The average Bonchev–Trinajstić information content (AvgIpc) is 2.70. The normalized spacial score (nSPS) is 22.9. The van der Waals surface area contributed by atoms with Gasteiger partial charge in [-0.25, -0.2) is 0 Å². The van der Waals surface area contributed by atoms with Crippen molar-refractivity contribution >= 4 is 12.2 Å². The number of aliphatic hydroxyl groups excluding tert-OH is 1. The number of hydrogen-bond donors (Lipinski definition) is 1. The molecule has 1 saturated carbocycles. The first-order valence-corrected chi connectivity index (χ1v) is 7.13. The minimum absolute atomic E-state index is 0.117. The molecule has 1 aliphatic carbocycles. The zero-order chi connectivity index (χ0) is 14.5. The predicted octanol–water partition coefficient (Wildman–Crippen LogP) is 2.26. The molecule has 2 atom stereocenters. The van der Waals surface area contributed by atoms with E-state index in [1.807, 2.05) is 0 Å². The minimum Gasteiger partial charge on any atom is -0.393 e. The molecule has 1 fully saturated rings. The molecule has 2 rings (SSSR count). The highest BCUT2D eigenvalue weighted by Crippen LogP contribution is 2.23. The maximum absolute atomic E-state index is 12.5. The average molecular weight is 275 g/mol. The zero-order valence-corrected chi connectivity index (χ0v) is 11.8. The van der Waals surface area contributed by atoms with Crippen LogP contribution in [0.25, 0.3) is 0 Å². The highest BCUT2D eigenvalue weighted by molar-refractivity contribution is 6.01. The van der Waals surface area contributed by atoms with Gasteiger partial charge < -0.3 is 10.0 Å². The summed E-state index contributed by atoms with van der Waals surface area (Å²) in [5, 5.41) is 9.68. The molecule has 0 heterocycles. The molecule has 1 amide bonds. The zero-order valence-electron chi connectivity index (χ0n) is 11.8. The summed E-state index contributed by atoms with van der Waals surface area (Å²) in [5.74, 6) is -0.117. The van der Waals surface area contributed by atoms with Gasteiger partial charge in [0.1, 0.15) is 0 Å². The number of carbonyl (C=O) groups excluding carboxylic acids is 2. The third kappa shape index (κ3) is 3.25. The van der Waals surface area contributed by atoms with E-state index in [9.17, 15) is 14.7 Å². The van der Waals surface area contributed by atoms with Gasteiger partial charge in [-0.15, -0.1) is 0 Å². The number of benzene rings is 1. The van der Waals surface area contributed by atoms with Crippen LogP contribution in [0.3, 0.4) is 0 Å². The Morgan fingerprint density at radius 1 is 1.25 bits per heavy atom. The van der Waals surface area contributed by atoms with Crippen molar-refractivity contribution in [1.29, 1.82) is 0 Å². The van der Waals surface area contributed by atoms with Gasteiger partial charge in [-0.1, -0.05) is 18.2 Å². The molecule has 1 N–H and O–H groups in total. The molecule has 4 heteroatoms. The number of aldehydes is 1. The highest BCUT2D eigenvalue weighted by Gasteiger charge is 2.25.